The van der Waals surface area contributed by atoms with Crippen molar-refractivity contribution < 1.29 is 35.3 Å². The Kier molecular flexibility index (Phi) is 6.83. The summed E-state index contributed by atoms with van der Waals surface area (Å²) in [5, 5.41) is 0. The van der Waals surface area contributed by atoms with E-state index in [1.54, 1.807) is 44.7 Å². The number of carbonyl (C=O) groups is 1. The van der Waals surface area contributed by atoms with E-state index in [-0.39, 0.29) is 0 Å². The van der Waals surface area contributed by atoms with E-state index in [9.17, 15) is 26.4 Å². The fraction of sp³-hybridized carbons (Fsp3) is 0.650. The summed E-state index contributed by atoms with van der Waals surface area (Å²) >= 11 is 0. The molecule has 10 heteroatoms. The number of amides is 1. The molecule has 0 saturated carbocycles. The Hall–Kier alpha value is -1.81. The van der Waals surface area contributed by atoms with Crippen molar-refractivity contribution in [1.82, 2.24) is 4.90 Å². The maximum atomic E-state index is 12.6. The van der Waals surface area contributed by atoms with E-state index in [4.69, 9.17) is 4.74 Å². The fourth-order valence-corrected chi connectivity index (χ4v) is 3.83. The second-order valence-corrected chi connectivity index (χ2v) is 10.5. The molecule has 1 fully saturated rings. The third kappa shape index (κ3) is 5.87. The monoisotopic (exact) mass is 451 g/mol. The number of nitrogens with zero attached hydrogens (tertiary/aromatic N) is 1. The first-order chi connectivity index (χ1) is 13.5. The minimum absolute atomic E-state index is 0.385. The Bertz CT molecular complexity index is 883. The van der Waals surface area contributed by atoms with Crippen LogP contribution >= 0.6 is 0 Å². The third-order valence-electron chi connectivity index (χ3n) is 5.08. The molecule has 2 rings (SSSR count). The first kappa shape index (κ1) is 24.5. The zero-order valence-corrected chi connectivity index (χ0v) is 18.6. The molecule has 0 atom stereocenters. The van der Waals surface area contributed by atoms with Gasteiger partial charge in [0.05, 0.1) is 6.61 Å². The van der Waals surface area contributed by atoms with Crippen LogP contribution < -0.4 is 0 Å². The molecule has 1 aliphatic rings. The van der Waals surface area contributed by atoms with Crippen molar-refractivity contribution in [3.8, 4) is 0 Å². The summed E-state index contributed by atoms with van der Waals surface area (Å²) in [6.45, 7) is 9.20. The van der Waals surface area contributed by atoms with Crippen LogP contribution in [0.1, 0.15) is 57.2 Å². The number of rotatable bonds is 4. The molecule has 1 aliphatic heterocycles. The molecule has 0 spiro atoms. The molecule has 1 saturated heterocycles. The largest absolute Gasteiger partial charge is 0.523 e. The summed E-state index contributed by atoms with van der Waals surface area (Å²) in [6.07, 6.45) is 0.691. The average molecular weight is 452 g/mol. The van der Waals surface area contributed by atoms with Gasteiger partial charge in [-0.25, -0.2) is 4.79 Å². The van der Waals surface area contributed by atoms with Gasteiger partial charge in [-0.05, 0) is 57.1 Å². The molecule has 0 unspecified atom stereocenters. The Morgan fingerprint density at radius 3 is 2.23 bits per heavy atom. The summed E-state index contributed by atoms with van der Waals surface area (Å²) in [6, 6.07) is 5.24. The third-order valence-corrected chi connectivity index (χ3v) is 6.08. The molecule has 170 valence electrons. The van der Waals surface area contributed by atoms with E-state index in [0.717, 1.165) is 5.56 Å². The van der Waals surface area contributed by atoms with E-state index in [0.29, 0.717) is 37.1 Å². The van der Waals surface area contributed by atoms with Gasteiger partial charge >= 0.3 is 21.7 Å². The highest BCUT2D eigenvalue weighted by Crippen LogP contribution is 2.38. The molecule has 1 amide bonds. The maximum Gasteiger partial charge on any atom is 0.523 e. The van der Waals surface area contributed by atoms with Crippen molar-refractivity contribution in [2.24, 2.45) is 0 Å². The average Bonchev–Trinajstić information content (AvgIpc) is 2.58. The normalized spacial score (nSPS) is 17.7. The van der Waals surface area contributed by atoms with Crippen LogP contribution in [0.25, 0.3) is 0 Å². The number of likely N-dealkylation sites (tertiary alicyclic amines) is 1. The number of aryl methyl sites for hydroxylation is 1. The van der Waals surface area contributed by atoms with Crippen LogP contribution in [0.3, 0.4) is 0 Å². The molecule has 0 aromatic heterocycles. The number of ether oxygens (including phenoxy) is 1. The predicted octanol–water partition coefficient (Wildman–Crippen LogP) is 4.65. The Morgan fingerprint density at radius 1 is 1.17 bits per heavy atom. The van der Waals surface area contributed by atoms with Crippen molar-refractivity contribution in [3.63, 3.8) is 0 Å². The lowest BCUT2D eigenvalue weighted by Crippen LogP contribution is -2.46. The number of piperidine rings is 1. The van der Waals surface area contributed by atoms with Crippen molar-refractivity contribution in [1.29, 1.82) is 0 Å². The lowest BCUT2D eigenvalue weighted by atomic mass is 9.72. The van der Waals surface area contributed by atoms with Gasteiger partial charge in [-0.3, -0.25) is 4.18 Å². The van der Waals surface area contributed by atoms with E-state index in [2.05, 4.69) is 4.18 Å². The number of benzene rings is 1. The number of halogens is 3. The van der Waals surface area contributed by atoms with Gasteiger partial charge in [0.25, 0.3) is 0 Å². The van der Waals surface area contributed by atoms with Crippen molar-refractivity contribution >= 4 is 16.2 Å². The van der Waals surface area contributed by atoms with Gasteiger partial charge in [-0.15, -0.1) is 0 Å². The van der Waals surface area contributed by atoms with E-state index >= 15 is 0 Å². The fourth-order valence-electron chi connectivity index (χ4n) is 3.42. The molecule has 0 radical (unpaired) electrons. The zero-order chi connectivity index (χ0) is 23.0. The Morgan fingerprint density at radius 2 is 1.73 bits per heavy atom. The summed E-state index contributed by atoms with van der Waals surface area (Å²) in [7, 11) is -5.68. The lowest BCUT2D eigenvalue weighted by Gasteiger charge is -2.41. The zero-order valence-electron chi connectivity index (χ0n) is 17.8. The summed E-state index contributed by atoms with van der Waals surface area (Å²) < 4.78 is 70.1. The summed E-state index contributed by atoms with van der Waals surface area (Å²) in [5.41, 5.74) is -4.66. The van der Waals surface area contributed by atoms with E-state index in [1.165, 1.54) is 0 Å². The maximum absolute atomic E-state index is 12.6. The number of alkyl halides is 3. The van der Waals surface area contributed by atoms with Gasteiger partial charge < -0.3 is 9.64 Å². The molecule has 30 heavy (non-hydrogen) atoms. The second kappa shape index (κ2) is 8.37. The van der Waals surface area contributed by atoms with Crippen molar-refractivity contribution in [2.45, 2.75) is 70.6 Å². The van der Waals surface area contributed by atoms with Gasteiger partial charge in [-0.1, -0.05) is 30.7 Å². The van der Waals surface area contributed by atoms with Gasteiger partial charge in [0.15, 0.2) is 0 Å². The van der Waals surface area contributed by atoms with Gasteiger partial charge in [0.2, 0.25) is 0 Å². The number of hydrogen-bond donors (Lipinski definition) is 0. The van der Waals surface area contributed by atoms with Crippen LogP contribution in [0.2, 0.25) is 0 Å². The molecule has 1 aromatic carbocycles. The van der Waals surface area contributed by atoms with Gasteiger partial charge in [-0.2, -0.15) is 21.6 Å². The van der Waals surface area contributed by atoms with Crippen LogP contribution in [0.5, 0.6) is 0 Å². The highest BCUT2D eigenvalue weighted by atomic mass is 32.2. The molecule has 0 bridgehead atoms. The summed E-state index contributed by atoms with van der Waals surface area (Å²) in [4.78, 5) is 13.9. The van der Waals surface area contributed by atoms with Gasteiger partial charge in [0.1, 0.15) is 5.60 Å². The van der Waals surface area contributed by atoms with Gasteiger partial charge in [0, 0.05) is 13.1 Å². The van der Waals surface area contributed by atoms with Crippen LogP contribution in [0.4, 0.5) is 18.0 Å². The van der Waals surface area contributed by atoms with Crippen LogP contribution in [-0.4, -0.2) is 43.6 Å². The Balaban J connectivity index is 2.19. The van der Waals surface area contributed by atoms with Crippen LogP contribution in [0, 0.1) is 6.92 Å². The lowest BCUT2D eigenvalue weighted by molar-refractivity contribution is -0.0548. The summed E-state index contributed by atoms with van der Waals surface area (Å²) in [5.74, 6) is 0. The minimum Gasteiger partial charge on any atom is -0.444 e. The molecular weight excluding hydrogens is 423 g/mol. The van der Waals surface area contributed by atoms with Crippen molar-refractivity contribution in [2.75, 3.05) is 13.1 Å². The minimum atomic E-state index is -5.68. The first-order valence-corrected chi connectivity index (χ1v) is 11.0. The molecule has 1 heterocycles. The van der Waals surface area contributed by atoms with E-state index in [1.807, 2.05) is 13.0 Å². The number of carbonyl (C=O) groups excluding carboxylic acids is 1. The van der Waals surface area contributed by atoms with Crippen LogP contribution in [-0.2, 0) is 31.1 Å². The Labute approximate surface area is 175 Å². The molecule has 1 aromatic rings. The molecule has 0 aliphatic carbocycles. The predicted molar refractivity (Wildman–Crippen MR) is 105 cm³/mol. The van der Waals surface area contributed by atoms with Crippen LogP contribution in [0.15, 0.2) is 18.2 Å². The number of hydrogen-bond acceptors (Lipinski definition) is 5. The molecule has 0 N–H and O–H groups in total. The smallest absolute Gasteiger partial charge is 0.444 e. The standard InChI is InChI=1S/C20H28F3NO5S/c1-14-6-7-16(15(12-14)13-28-30(26,27)20(21,22)23)19(5)8-10-24(11-9-19)17(25)29-18(2,3)4/h6-7,12H,8-11,13H2,1-5H3. The van der Waals surface area contributed by atoms with Crippen molar-refractivity contribution in [3.05, 3.63) is 34.9 Å². The SMILES string of the molecule is Cc1ccc(C2(C)CCN(C(=O)OC(C)(C)C)CC2)c(COS(=O)(=O)C(F)(F)F)c1. The van der Waals surface area contributed by atoms with E-state index < -0.39 is 39.3 Å². The topological polar surface area (TPSA) is 72.9 Å². The molecular formula is C20H28F3NO5S. The highest BCUT2D eigenvalue weighted by Gasteiger charge is 2.47. The quantitative estimate of drug-likeness (QED) is 0.492. The molecule has 6 nitrogen and oxygen atoms in total. The first-order valence-electron chi connectivity index (χ1n) is 9.58. The second-order valence-electron chi connectivity index (χ2n) is 8.85. The highest BCUT2D eigenvalue weighted by molar-refractivity contribution is 7.87.